The number of aromatic nitrogens is 1. The van der Waals surface area contributed by atoms with Crippen LogP contribution in [0.1, 0.15) is 5.56 Å². The Kier molecular flexibility index (Phi) is 6.52. The third kappa shape index (κ3) is 5.06. The fourth-order valence-electron chi connectivity index (χ4n) is 4.09. The predicted molar refractivity (Wildman–Crippen MR) is 135 cm³/mol. The molecule has 4 aromatic rings. The summed E-state index contributed by atoms with van der Waals surface area (Å²) in [7, 11) is -1.84. The summed E-state index contributed by atoms with van der Waals surface area (Å²) in [5.41, 5.74) is 2.33. The van der Waals surface area contributed by atoms with E-state index in [-0.39, 0.29) is 4.90 Å². The van der Waals surface area contributed by atoms with Gasteiger partial charge in [0, 0.05) is 42.9 Å². The molecule has 8 nitrogen and oxygen atoms in total. The van der Waals surface area contributed by atoms with Crippen molar-refractivity contribution >= 4 is 26.6 Å². The quantitative estimate of drug-likeness (QED) is 0.344. The smallest absolute Gasteiger partial charge is 0.262 e. The Morgan fingerprint density at radius 1 is 1.00 bits per heavy atom. The molecule has 0 saturated carbocycles. The minimum absolute atomic E-state index is 0.258. The minimum atomic E-state index is -3.74. The van der Waals surface area contributed by atoms with Gasteiger partial charge in [-0.2, -0.15) is 0 Å². The van der Waals surface area contributed by atoms with Crippen LogP contribution in [0.25, 0.3) is 10.9 Å². The molecular formula is C26H27N3O5S. The summed E-state index contributed by atoms with van der Waals surface area (Å²) >= 11 is 0. The lowest BCUT2D eigenvalue weighted by atomic mass is 10.2. The van der Waals surface area contributed by atoms with E-state index in [4.69, 9.17) is 14.2 Å². The number of nitrogens with one attached hydrogen (secondary N) is 2. The number of ether oxygens (including phenoxy) is 3. The molecule has 1 aliphatic heterocycles. The molecule has 1 aromatic heterocycles. The summed E-state index contributed by atoms with van der Waals surface area (Å²) in [6, 6.07) is 20.0. The maximum atomic E-state index is 13.1. The topological polar surface area (TPSA) is 90.8 Å². The van der Waals surface area contributed by atoms with Crippen molar-refractivity contribution in [3.8, 4) is 17.2 Å². The molecule has 2 N–H and O–H groups in total. The molecule has 0 atom stereocenters. The maximum absolute atomic E-state index is 13.1. The zero-order chi connectivity index (χ0) is 24.3. The van der Waals surface area contributed by atoms with Gasteiger partial charge in [-0.05, 0) is 48.0 Å². The zero-order valence-electron chi connectivity index (χ0n) is 19.4. The first-order valence-corrected chi connectivity index (χ1v) is 12.9. The third-order valence-corrected chi connectivity index (χ3v) is 7.19. The molecule has 35 heavy (non-hydrogen) atoms. The van der Waals surface area contributed by atoms with Crippen LogP contribution >= 0.6 is 0 Å². The van der Waals surface area contributed by atoms with Crippen LogP contribution in [-0.2, 0) is 23.6 Å². The predicted octanol–water partition coefficient (Wildman–Crippen LogP) is 3.92. The first kappa shape index (κ1) is 23.1. The SMILES string of the molecule is Cn1ccc2c(S(=O)(=O)Nc3cccc(CNCCOc4cccc5c4OCCO5)c3)cccc21. The largest absolute Gasteiger partial charge is 0.488 e. The van der Waals surface area contributed by atoms with Gasteiger partial charge in [0.1, 0.15) is 19.8 Å². The zero-order valence-corrected chi connectivity index (χ0v) is 20.2. The molecule has 1 aliphatic rings. The molecule has 0 fully saturated rings. The molecule has 0 amide bonds. The van der Waals surface area contributed by atoms with E-state index in [1.54, 1.807) is 18.2 Å². The van der Waals surface area contributed by atoms with Gasteiger partial charge in [0.15, 0.2) is 11.5 Å². The number of hydrogen-bond donors (Lipinski definition) is 2. The maximum Gasteiger partial charge on any atom is 0.262 e. The number of rotatable bonds is 9. The molecule has 0 spiro atoms. The van der Waals surface area contributed by atoms with Crippen molar-refractivity contribution in [1.82, 2.24) is 9.88 Å². The number of para-hydroxylation sites is 1. The molecule has 9 heteroatoms. The van der Waals surface area contributed by atoms with E-state index in [0.717, 1.165) is 11.1 Å². The summed E-state index contributed by atoms with van der Waals surface area (Å²) in [5, 5.41) is 4.02. The van der Waals surface area contributed by atoms with E-state index < -0.39 is 10.0 Å². The van der Waals surface area contributed by atoms with Crippen molar-refractivity contribution < 1.29 is 22.6 Å². The standard InChI is InChI=1S/C26H27N3O5S/c1-29-13-11-21-22(29)7-3-10-25(21)35(30,31)28-20-6-2-5-19(17-20)18-27-12-14-32-23-8-4-9-24-26(23)34-16-15-33-24/h2-11,13,17,27-28H,12,14-16,18H2,1H3. The van der Waals surface area contributed by atoms with Crippen molar-refractivity contribution in [2.24, 2.45) is 7.05 Å². The third-order valence-electron chi connectivity index (χ3n) is 5.75. The molecule has 5 rings (SSSR count). The highest BCUT2D eigenvalue weighted by Crippen LogP contribution is 2.38. The highest BCUT2D eigenvalue weighted by atomic mass is 32.2. The van der Waals surface area contributed by atoms with Crippen LogP contribution in [0.5, 0.6) is 17.2 Å². The summed E-state index contributed by atoms with van der Waals surface area (Å²) in [4.78, 5) is 0.258. The first-order valence-electron chi connectivity index (χ1n) is 11.4. The van der Waals surface area contributed by atoms with Gasteiger partial charge in [-0.15, -0.1) is 0 Å². The van der Waals surface area contributed by atoms with Crippen molar-refractivity contribution in [2.75, 3.05) is 31.1 Å². The van der Waals surface area contributed by atoms with Crippen LogP contribution in [0, 0.1) is 0 Å². The second-order valence-electron chi connectivity index (χ2n) is 8.23. The second kappa shape index (κ2) is 9.89. The molecule has 0 aliphatic carbocycles. The lowest BCUT2D eigenvalue weighted by molar-refractivity contribution is 0.162. The summed E-state index contributed by atoms with van der Waals surface area (Å²) < 4.78 is 47.9. The monoisotopic (exact) mass is 493 g/mol. The van der Waals surface area contributed by atoms with E-state index in [1.165, 1.54) is 0 Å². The molecular weight excluding hydrogens is 466 g/mol. The highest BCUT2D eigenvalue weighted by Gasteiger charge is 2.19. The van der Waals surface area contributed by atoms with E-state index in [9.17, 15) is 8.42 Å². The van der Waals surface area contributed by atoms with Crippen LogP contribution in [-0.4, -0.2) is 39.4 Å². The molecule has 0 radical (unpaired) electrons. The van der Waals surface area contributed by atoms with E-state index in [0.29, 0.717) is 61.2 Å². The van der Waals surface area contributed by atoms with Gasteiger partial charge >= 0.3 is 0 Å². The van der Waals surface area contributed by atoms with Crippen LogP contribution in [0.2, 0.25) is 0 Å². The fraction of sp³-hybridized carbons (Fsp3) is 0.231. The van der Waals surface area contributed by atoms with Gasteiger partial charge in [0.05, 0.1) is 4.90 Å². The van der Waals surface area contributed by atoms with E-state index in [2.05, 4.69) is 10.0 Å². The Labute approximate surface area is 204 Å². The number of anilines is 1. The Balaban J connectivity index is 1.18. The number of aryl methyl sites for hydroxylation is 1. The minimum Gasteiger partial charge on any atom is -0.488 e. The van der Waals surface area contributed by atoms with Crippen LogP contribution in [0.3, 0.4) is 0 Å². The van der Waals surface area contributed by atoms with Gasteiger partial charge < -0.3 is 24.1 Å². The van der Waals surface area contributed by atoms with E-state index >= 15 is 0 Å². The number of fused-ring (bicyclic) bond motifs is 2. The van der Waals surface area contributed by atoms with Gasteiger partial charge in [0.25, 0.3) is 10.0 Å². The van der Waals surface area contributed by atoms with E-state index in [1.807, 2.05) is 66.3 Å². The number of nitrogens with zero attached hydrogens (tertiary/aromatic N) is 1. The van der Waals surface area contributed by atoms with Crippen LogP contribution < -0.4 is 24.2 Å². The van der Waals surface area contributed by atoms with Gasteiger partial charge in [0.2, 0.25) is 5.75 Å². The number of benzene rings is 3. The van der Waals surface area contributed by atoms with Crippen molar-refractivity contribution in [3.63, 3.8) is 0 Å². The van der Waals surface area contributed by atoms with Crippen LogP contribution in [0.15, 0.2) is 77.8 Å². The lowest BCUT2D eigenvalue weighted by Gasteiger charge is -2.20. The molecule has 3 aromatic carbocycles. The summed E-state index contributed by atoms with van der Waals surface area (Å²) in [5.74, 6) is 2.00. The van der Waals surface area contributed by atoms with Gasteiger partial charge in [-0.25, -0.2) is 8.42 Å². The molecule has 0 saturated heterocycles. The molecule has 0 unspecified atom stereocenters. The highest BCUT2D eigenvalue weighted by molar-refractivity contribution is 7.93. The lowest BCUT2D eigenvalue weighted by Crippen LogP contribution is -2.21. The van der Waals surface area contributed by atoms with Gasteiger partial charge in [-0.3, -0.25) is 4.72 Å². The number of sulfonamides is 1. The fourth-order valence-corrected chi connectivity index (χ4v) is 5.36. The average Bonchev–Trinajstić information content (AvgIpc) is 3.24. The number of hydrogen-bond acceptors (Lipinski definition) is 6. The normalized spacial score (nSPS) is 13.1. The first-order chi connectivity index (χ1) is 17.0. The molecule has 0 bridgehead atoms. The Hall–Kier alpha value is -3.69. The van der Waals surface area contributed by atoms with Crippen molar-refractivity contribution in [3.05, 3.63) is 78.5 Å². The second-order valence-corrected chi connectivity index (χ2v) is 9.88. The van der Waals surface area contributed by atoms with Crippen molar-refractivity contribution in [1.29, 1.82) is 0 Å². The Morgan fingerprint density at radius 3 is 2.74 bits per heavy atom. The Morgan fingerprint density at radius 2 is 1.83 bits per heavy atom. The van der Waals surface area contributed by atoms with Gasteiger partial charge in [-0.1, -0.05) is 24.3 Å². The molecule has 182 valence electrons. The summed E-state index contributed by atoms with van der Waals surface area (Å²) in [6.07, 6.45) is 1.85. The average molecular weight is 494 g/mol. The molecule has 2 heterocycles. The van der Waals surface area contributed by atoms with Crippen molar-refractivity contribution in [2.45, 2.75) is 11.4 Å². The summed E-state index contributed by atoms with van der Waals surface area (Å²) in [6.45, 7) is 2.67. The Bertz CT molecular complexity index is 1450. The van der Waals surface area contributed by atoms with Crippen LogP contribution in [0.4, 0.5) is 5.69 Å².